The molecule has 0 radical (unpaired) electrons. The van der Waals surface area contributed by atoms with E-state index >= 15 is 0 Å². The molecule has 1 aromatic rings. The van der Waals surface area contributed by atoms with E-state index in [2.05, 4.69) is 4.74 Å². The van der Waals surface area contributed by atoms with Gasteiger partial charge in [-0.05, 0) is 12.1 Å². The molecule has 0 aliphatic carbocycles. The van der Waals surface area contributed by atoms with Gasteiger partial charge in [0.1, 0.15) is 5.88 Å². The summed E-state index contributed by atoms with van der Waals surface area (Å²) in [7, 11) is 1.16. The minimum atomic E-state index is -3.30. The van der Waals surface area contributed by atoms with Gasteiger partial charge in [-0.15, -0.1) is 11.6 Å². The summed E-state index contributed by atoms with van der Waals surface area (Å²) in [5.41, 5.74) is -0.367. The Kier molecular flexibility index (Phi) is 5.23. The van der Waals surface area contributed by atoms with Crippen molar-refractivity contribution in [2.24, 2.45) is 0 Å². The zero-order valence-corrected chi connectivity index (χ0v) is 10.8. The number of amides is 1. The van der Waals surface area contributed by atoms with Gasteiger partial charge in [0, 0.05) is 5.56 Å². The number of rotatable bonds is 5. The van der Waals surface area contributed by atoms with Gasteiger partial charge in [0.2, 0.25) is 5.91 Å². The summed E-state index contributed by atoms with van der Waals surface area (Å²) in [4.78, 5) is 22.1. The van der Waals surface area contributed by atoms with Gasteiger partial charge in [-0.3, -0.25) is 4.79 Å². The van der Waals surface area contributed by atoms with Crippen LogP contribution < -0.4 is 5.32 Å². The predicted molar refractivity (Wildman–Crippen MR) is 65.4 cm³/mol. The Balaban J connectivity index is 2.88. The molecule has 0 aromatic heterocycles. The van der Waals surface area contributed by atoms with E-state index in [0.29, 0.717) is 0 Å². The van der Waals surface area contributed by atoms with Crippen molar-refractivity contribution in [1.82, 2.24) is 5.32 Å². The van der Waals surface area contributed by atoms with E-state index < -0.39 is 30.2 Å². The monoisotopic (exact) mass is 291 g/mol. The summed E-state index contributed by atoms with van der Waals surface area (Å²) >= 11 is 5.19. The first-order chi connectivity index (χ1) is 8.90. The number of ether oxygens (including phenoxy) is 1. The van der Waals surface area contributed by atoms with E-state index in [4.69, 9.17) is 11.6 Å². The summed E-state index contributed by atoms with van der Waals surface area (Å²) in [5, 5.41) is 2.00. The van der Waals surface area contributed by atoms with Crippen LogP contribution in [0.2, 0.25) is 0 Å². The molecule has 0 unspecified atom stereocenters. The molecule has 19 heavy (non-hydrogen) atoms. The van der Waals surface area contributed by atoms with Crippen molar-refractivity contribution in [3.05, 3.63) is 35.4 Å². The number of nitrogens with one attached hydrogen (secondary N) is 1. The molecule has 0 fully saturated rings. The van der Waals surface area contributed by atoms with E-state index in [1.807, 2.05) is 5.32 Å². The van der Waals surface area contributed by atoms with Crippen molar-refractivity contribution in [3.63, 3.8) is 0 Å². The number of carbonyl (C=O) groups excluding carboxylic acids is 2. The van der Waals surface area contributed by atoms with Crippen molar-refractivity contribution in [3.8, 4) is 0 Å². The lowest BCUT2D eigenvalue weighted by atomic mass is 10.1. The molecule has 1 aromatic carbocycles. The quantitative estimate of drug-likeness (QED) is 0.666. The van der Waals surface area contributed by atoms with E-state index in [1.54, 1.807) is 0 Å². The molecule has 1 amide bonds. The summed E-state index contributed by atoms with van der Waals surface area (Å²) in [5.74, 6) is -5.09. The number of benzene rings is 1. The highest BCUT2D eigenvalue weighted by Crippen LogP contribution is 2.27. The van der Waals surface area contributed by atoms with Crippen LogP contribution in [0.1, 0.15) is 15.9 Å². The van der Waals surface area contributed by atoms with Gasteiger partial charge in [-0.2, -0.15) is 8.78 Å². The molecule has 0 bridgehead atoms. The highest BCUT2D eigenvalue weighted by Gasteiger charge is 2.32. The molecule has 1 rings (SSSR count). The lowest BCUT2D eigenvalue weighted by Crippen LogP contribution is -2.35. The van der Waals surface area contributed by atoms with E-state index in [0.717, 1.165) is 13.2 Å². The van der Waals surface area contributed by atoms with Gasteiger partial charge in [-0.1, -0.05) is 12.1 Å². The summed E-state index contributed by atoms with van der Waals surface area (Å²) in [6.45, 7) is -0.886. The first-order valence-corrected chi connectivity index (χ1v) is 5.83. The van der Waals surface area contributed by atoms with Crippen LogP contribution in [0.25, 0.3) is 0 Å². The van der Waals surface area contributed by atoms with Crippen LogP contribution in [-0.4, -0.2) is 31.4 Å². The van der Waals surface area contributed by atoms with Crippen LogP contribution in [-0.2, 0) is 15.5 Å². The third kappa shape index (κ3) is 4.17. The average molecular weight is 292 g/mol. The second-order valence-corrected chi connectivity index (χ2v) is 3.95. The fourth-order valence-corrected chi connectivity index (χ4v) is 1.44. The number of hydrogen-bond donors (Lipinski definition) is 1. The maximum absolute atomic E-state index is 13.8. The number of esters is 1. The molecule has 0 saturated carbocycles. The summed E-state index contributed by atoms with van der Waals surface area (Å²) in [6.07, 6.45) is 0. The van der Waals surface area contributed by atoms with Crippen molar-refractivity contribution in [2.45, 2.75) is 5.92 Å². The zero-order valence-electron chi connectivity index (χ0n) is 10.1. The lowest BCUT2D eigenvalue weighted by molar-refractivity contribution is -0.120. The van der Waals surface area contributed by atoms with Crippen molar-refractivity contribution >= 4 is 23.5 Å². The van der Waals surface area contributed by atoms with Crippen LogP contribution in [0.3, 0.4) is 0 Å². The molecule has 0 atom stereocenters. The standard InChI is InChI=1S/C12H12ClF2NO3/c1-19-11(18)8-3-2-4-9(5-8)12(14,15)7-16-10(17)6-13/h2-5H,6-7H2,1H3,(H,16,17). The average Bonchev–Trinajstić information content (AvgIpc) is 2.44. The molecular weight excluding hydrogens is 280 g/mol. The Morgan fingerprint density at radius 1 is 1.42 bits per heavy atom. The number of methoxy groups -OCH3 is 1. The molecule has 4 nitrogen and oxygen atoms in total. The second kappa shape index (κ2) is 6.47. The third-order valence-electron chi connectivity index (χ3n) is 2.33. The van der Waals surface area contributed by atoms with Gasteiger partial charge in [0.15, 0.2) is 0 Å². The smallest absolute Gasteiger partial charge is 0.337 e. The second-order valence-electron chi connectivity index (χ2n) is 3.69. The minimum absolute atomic E-state index is 0.0170. The first kappa shape index (κ1) is 15.4. The molecule has 0 aliphatic heterocycles. The minimum Gasteiger partial charge on any atom is -0.465 e. The van der Waals surface area contributed by atoms with Crippen molar-refractivity contribution in [2.75, 3.05) is 19.5 Å². The lowest BCUT2D eigenvalue weighted by Gasteiger charge is -2.17. The Bertz CT molecular complexity index is 480. The first-order valence-electron chi connectivity index (χ1n) is 5.30. The van der Waals surface area contributed by atoms with Crippen LogP contribution in [0, 0.1) is 0 Å². The fraction of sp³-hybridized carbons (Fsp3) is 0.333. The largest absolute Gasteiger partial charge is 0.465 e. The van der Waals surface area contributed by atoms with Crippen LogP contribution in [0.5, 0.6) is 0 Å². The number of carbonyl (C=O) groups is 2. The third-order valence-corrected chi connectivity index (χ3v) is 2.58. The predicted octanol–water partition coefficient (Wildman–Crippen LogP) is 1.92. The molecule has 7 heteroatoms. The fourth-order valence-electron chi connectivity index (χ4n) is 1.35. The van der Waals surface area contributed by atoms with Gasteiger partial charge in [-0.25, -0.2) is 4.79 Å². The van der Waals surface area contributed by atoms with E-state index in [-0.39, 0.29) is 11.1 Å². The highest BCUT2D eigenvalue weighted by molar-refractivity contribution is 6.27. The Morgan fingerprint density at radius 3 is 2.68 bits per heavy atom. The molecule has 0 heterocycles. The Morgan fingerprint density at radius 2 is 2.11 bits per heavy atom. The van der Waals surface area contributed by atoms with Crippen molar-refractivity contribution < 1.29 is 23.1 Å². The van der Waals surface area contributed by atoms with Crippen molar-refractivity contribution in [1.29, 1.82) is 0 Å². The topological polar surface area (TPSA) is 55.4 Å². The normalized spacial score (nSPS) is 10.9. The molecule has 0 aliphatic rings. The van der Waals surface area contributed by atoms with Crippen LogP contribution in [0.15, 0.2) is 24.3 Å². The van der Waals surface area contributed by atoms with Gasteiger partial charge >= 0.3 is 5.97 Å². The summed E-state index contributed by atoms with van der Waals surface area (Å²) < 4.78 is 32.0. The van der Waals surface area contributed by atoms with E-state index in [1.165, 1.54) is 18.2 Å². The summed E-state index contributed by atoms with van der Waals surface area (Å²) in [6, 6.07) is 4.87. The molecule has 0 saturated heterocycles. The molecule has 1 N–H and O–H groups in total. The van der Waals surface area contributed by atoms with Crippen LogP contribution >= 0.6 is 11.6 Å². The van der Waals surface area contributed by atoms with E-state index in [9.17, 15) is 18.4 Å². The SMILES string of the molecule is COC(=O)c1cccc(C(F)(F)CNC(=O)CCl)c1. The van der Waals surface area contributed by atoms with Crippen LogP contribution in [0.4, 0.5) is 8.78 Å². The zero-order chi connectivity index (χ0) is 14.5. The van der Waals surface area contributed by atoms with Gasteiger partial charge < -0.3 is 10.1 Å². The maximum atomic E-state index is 13.8. The molecule has 104 valence electrons. The maximum Gasteiger partial charge on any atom is 0.337 e. The Labute approximate surface area is 113 Å². The number of hydrogen-bond acceptors (Lipinski definition) is 3. The van der Waals surface area contributed by atoms with Gasteiger partial charge in [0.25, 0.3) is 5.92 Å². The molecular formula is C12H12ClF2NO3. The highest BCUT2D eigenvalue weighted by atomic mass is 35.5. The molecule has 0 spiro atoms. The Hall–Kier alpha value is -1.69. The number of halogens is 3. The van der Waals surface area contributed by atoms with Gasteiger partial charge in [0.05, 0.1) is 19.2 Å². The number of alkyl halides is 3.